The molecule has 0 bridgehead atoms. The van der Waals surface area contributed by atoms with Gasteiger partial charge in [0, 0.05) is 81.7 Å². The topological polar surface area (TPSA) is 115 Å². The molecular formula is C29H35N7O3S2. The monoisotopic (exact) mass is 593 g/mol. The Morgan fingerprint density at radius 1 is 1.12 bits per heavy atom. The van der Waals surface area contributed by atoms with Gasteiger partial charge in [-0.2, -0.15) is 0 Å². The average molecular weight is 594 g/mol. The van der Waals surface area contributed by atoms with Gasteiger partial charge in [0.05, 0.1) is 16.8 Å². The lowest BCUT2D eigenvalue weighted by molar-refractivity contribution is 0.198. The first-order valence-electron chi connectivity index (χ1n) is 14.0. The third-order valence-electron chi connectivity index (χ3n) is 7.51. The number of nitrogens with zero attached hydrogens (tertiary/aromatic N) is 4. The van der Waals surface area contributed by atoms with E-state index in [0.29, 0.717) is 26.2 Å². The second kappa shape index (κ2) is 12.8. The van der Waals surface area contributed by atoms with Crippen LogP contribution in [0.2, 0.25) is 0 Å². The maximum Gasteiger partial charge on any atom is 0.412 e. The van der Waals surface area contributed by atoms with Crippen LogP contribution in [0.15, 0.2) is 36.5 Å². The van der Waals surface area contributed by atoms with Crippen molar-refractivity contribution in [2.24, 2.45) is 0 Å². The number of fused-ring (bicyclic) bond motifs is 2. The van der Waals surface area contributed by atoms with Crippen molar-refractivity contribution in [1.29, 1.82) is 0 Å². The van der Waals surface area contributed by atoms with Crippen molar-refractivity contribution in [2.75, 3.05) is 75.9 Å². The van der Waals surface area contributed by atoms with Gasteiger partial charge in [0.15, 0.2) is 0 Å². The number of hydrogen-bond acceptors (Lipinski definition) is 10. The summed E-state index contributed by atoms with van der Waals surface area (Å²) in [5, 5.41) is 21.9. The van der Waals surface area contributed by atoms with Crippen molar-refractivity contribution in [1.82, 2.24) is 25.9 Å². The average Bonchev–Trinajstić information content (AvgIpc) is 3.60. The highest BCUT2D eigenvalue weighted by atomic mass is 32.1. The molecule has 4 N–H and O–H groups in total. The van der Waals surface area contributed by atoms with Crippen molar-refractivity contribution < 1.29 is 14.6 Å². The lowest BCUT2D eigenvalue weighted by Gasteiger charge is -2.28. The number of nitrogens with one attached hydrogen (secondary N) is 3. The van der Waals surface area contributed by atoms with Crippen LogP contribution >= 0.6 is 22.7 Å². The summed E-state index contributed by atoms with van der Waals surface area (Å²) in [5.41, 5.74) is 5.27. The molecule has 1 saturated heterocycles. The number of hydrogen-bond donors (Lipinski definition) is 4. The van der Waals surface area contributed by atoms with Crippen LogP contribution in [0.3, 0.4) is 0 Å². The molecule has 3 aromatic heterocycles. The third-order valence-corrected chi connectivity index (χ3v) is 9.80. The zero-order valence-electron chi connectivity index (χ0n) is 23.1. The number of aromatic nitrogens is 2. The summed E-state index contributed by atoms with van der Waals surface area (Å²) in [6, 6.07) is 10.6. The molecule has 0 atom stereocenters. The Kier molecular flexibility index (Phi) is 8.75. The summed E-state index contributed by atoms with van der Waals surface area (Å²) in [7, 11) is 1.66. The molecule has 0 saturated carbocycles. The van der Waals surface area contributed by atoms with E-state index >= 15 is 0 Å². The number of amides is 1. The van der Waals surface area contributed by atoms with Gasteiger partial charge in [-0.15, -0.1) is 22.7 Å². The van der Waals surface area contributed by atoms with Gasteiger partial charge >= 0.3 is 6.09 Å². The molecule has 6 rings (SSSR count). The number of ether oxygens (including phenoxy) is 1. The largest absolute Gasteiger partial charge is 0.465 e. The summed E-state index contributed by atoms with van der Waals surface area (Å²) in [6.07, 6.45) is 1.85. The van der Waals surface area contributed by atoms with Crippen molar-refractivity contribution in [2.45, 2.75) is 13.0 Å². The Labute approximate surface area is 247 Å². The maximum absolute atomic E-state index is 12.5. The number of thiazole rings is 1. The maximum atomic E-state index is 12.5. The van der Waals surface area contributed by atoms with E-state index in [1.165, 1.54) is 15.3 Å². The minimum Gasteiger partial charge on any atom is -0.465 e. The highest BCUT2D eigenvalue weighted by Crippen LogP contribution is 2.46. The molecule has 1 aromatic carbocycles. The Bertz CT molecular complexity index is 1500. The van der Waals surface area contributed by atoms with Crippen LogP contribution in [-0.2, 0) is 17.7 Å². The Hall–Kier alpha value is -3.13. The van der Waals surface area contributed by atoms with E-state index in [1.54, 1.807) is 29.8 Å². The molecule has 0 aliphatic carbocycles. The number of rotatable bonds is 10. The van der Waals surface area contributed by atoms with E-state index in [4.69, 9.17) is 14.7 Å². The van der Waals surface area contributed by atoms with Gasteiger partial charge < -0.3 is 30.7 Å². The Morgan fingerprint density at radius 3 is 2.76 bits per heavy atom. The minimum absolute atomic E-state index is 0.352. The van der Waals surface area contributed by atoms with Gasteiger partial charge in [0.25, 0.3) is 0 Å². The van der Waals surface area contributed by atoms with Crippen molar-refractivity contribution >= 4 is 49.8 Å². The van der Waals surface area contributed by atoms with Crippen molar-refractivity contribution in [3.8, 4) is 21.7 Å². The molecule has 0 spiro atoms. The molecule has 41 heavy (non-hydrogen) atoms. The minimum atomic E-state index is -0.952. The first-order chi connectivity index (χ1) is 20.1. The quantitative estimate of drug-likeness (QED) is 0.204. The molecule has 216 valence electrons. The zero-order valence-corrected chi connectivity index (χ0v) is 24.7. The smallest absolute Gasteiger partial charge is 0.412 e. The second-order valence-electron chi connectivity index (χ2n) is 10.1. The van der Waals surface area contributed by atoms with Gasteiger partial charge in [-0.05, 0) is 48.4 Å². The zero-order chi connectivity index (χ0) is 28.2. The van der Waals surface area contributed by atoms with Crippen LogP contribution in [0.4, 0.5) is 15.6 Å². The van der Waals surface area contributed by atoms with Crippen LogP contribution in [0.25, 0.3) is 31.9 Å². The second-order valence-corrected chi connectivity index (χ2v) is 12.2. The summed E-state index contributed by atoms with van der Waals surface area (Å²) < 4.78 is 6.17. The number of pyridine rings is 1. The first kappa shape index (κ1) is 28.0. The van der Waals surface area contributed by atoms with E-state index in [0.717, 1.165) is 88.4 Å². The lowest BCUT2D eigenvalue weighted by Crippen LogP contribution is -2.43. The highest BCUT2D eigenvalue weighted by Gasteiger charge is 2.29. The summed E-state index contributed by atoms with van der Waals surface area (Å²) in [4.78, 5) is 27.2. The number of piperazine rings is 1. The van der Waals surface area contributed by atoms with Crippen LogP contribution < -0.4 is 25.8 Å². The molecule has 4 aromatic rings. The molecule has 5 heterocycles. The van der Waals surface area contributed by atoms with Crippen LogP contribution in [0, 0.1) is 0 Å². The number of carboxylic acid groups (broad SMARTS) is 1. The lowest BCUT2D eigenvalue weighted by atomic mass is 10.0. The molecule has 10 nitrogen and oxygen atoms in total. The summed E-state index contributed by atoms with van der Waals surface area (Å²) in [6.45, 7) is 7.67. The summed E-state index contributed by atoms with van der Waals surface area (Å²) in [5.74, 6) is 1.01. The van der Waals surface area contributed by atoms with Gasteiger partial charge in [-0.25, -0.2) is 14.8 Å². The van der Waals surface area contributed by atoms with Gasteiger partial charge in [0.1, 0.15) is 15.8 Å². The molecule has 2 aliphatic rings. The molecule has 1 fully saturated rings. The number of methoxy groups -OCH3 is 1. The summed E-state index contributed by atoms with van der Waals surface area (Å²) >= 11 is 3.19. The van der Waals surface area contributed by atoms with E-state index in [2.05, 4.69) is 51.2 Å². The Balaban J connectivity index is 1.30. The van der Waals surface area contributed by atoms with E-state index in [9.17, 15) is 9.90 Å². The van der Waals surface area contributed by atoms with E-state index in [1.807, 2.05) is 6.20 Å². The molecule has 12 heteroatoms. The van der Waals surface area contributed by atoms with Crippen LogP contribution in [0.5, 0.6) is 0 Å². The predicted octanol–water partition coefficient (Wildman–Crippen LogP) is 3.86. The number of benzene rings is 1. The van der Waals surface area contributed by atoms with Crippen molar-refractivity contribution in [3.63, 3.8) is 0 Å². The van der Waals surface area contributed by atoms with Crippen molar-refractivity contribution in [3.05, 3.63) is 47.0 Å². The first-order valence-corrected chi connectivity index (χ1v) is 15.6. The van der Waals surface area contributed by atoms with Gasteiger partial charge in [-0.3, -0.25) is 4.90 Å². The van der Waals surface area contributed by atoms with E-state index < -0.39 is 6.09 Å². The van der Waals surface area contributed by atoms with Gasteiger partial charge in [-0.1, -0.05) is 6.07 Å². The number of thiophene rings is 1. The third kappa shape index (κ3) is 6.08. The Morgan fingerprint density at radius 2 is 1.98 bits per heavy atom. The fraction of sp³-hybridized carbons (Fsp3) is 0.414. The van der Waals surface area contributed by atoms with Crippen LogP contribution in [-0.4, -0.2) is 87.2 Å². The normalized spacial score (nSPS) is 15.3. The molecule has 0 radical (unpaired) electrons. The fourth-order valence-electron chi connectivity index (χ4n) is 5.35. The SMILES string of the molecule is COCCNCCN(C(=O)O)c1sc2c(c1-c1nc3ccc(-c4ccc(N5CCNCC5)nc4)cc3s1)CCNC2. The predicted molar refractivity (Wildman–Crippen MR) is 167 cm³/mol. The molecular weight excluding hydrogens is 558 g/mol. The highest BCUT2D eigenvalue weighted by molar-refractivity contribution is 7.23. The number of carbonyl (C=O) groups is 1. The number of anilines is 2. The van der Waals surface area contributed by atoms with Gasteiger partial charge in [0.2, 0.25) is 0 Å². The molecule has 2 aliphatic heterocycles. The van der Waals surface area contributed by atoms with E-state index in [-0.39, 0.29) is 0 Å². The standard InChI is InChI=1S/C29H35N7O3S2/c1-39-15-11-31-10-14-36(29(37)38)28-26(21-6-7-32-18-24(21)41-28)27-34-22-4-2-19(16-23(22)40-27)20-3-5-25(33-17-20)35-12-8-30-9-13-35/h2-5,16-17,30-32H,6-15,18H2,1H3,(H,37,38). The van der Waals surface area contributed by atoms with Crippen LogP contribution in [0.1, 0.15) is 10.4 Å². The molecule has 0 unspecified atom stereocenters. The fourth-order valence-corrected chi connectivity index (χ4v) is 7.83. The molecule has 1 amide bonds.